The predicted octanol–water partition coefficient (Wildman–Crippen LogP) is 2.75. The zero-order valence-corrected chi connectivity index (χ0v) is 16.7. The van der Waals surface area contributed by atoms with E-state index in [4.69, 9.17) is 0 Å². The molecule has 0 bridgehead atoms. The average molecular weight is 449 g/mol. The Labute approximate surface area is 176 Å². The number of anilines is 1. The minimum absolute atomic E-state index is 0.0694. The van der Waals surface area contributed by atoms with Crippen LogP contribution < -0.4 is 10.9 Å². The monoisotopic (exact) mass is 449 g/mol. The zero-order chi connectivity index (χ0) is 23.2. The first-order valence-corrected chi connectivity index (χ1v) is 9.33. The summed E-state index contributed by atoms with van der Waals surface area (Å²) in [6.07, 6.45) is -3.60. The van der Waals surface area contributed by atoms with Gasteiger partial charge in [-0.15, -0.1) is 15.3 Å². The first-order chi connectivity index (χ1) is 15.1. The molecule has 3 heterocycles. The summed E-state index contributed by atoms with van der Waals surface area (Å²) in [5.74, 6) is -2.60. The number of benzene rings is 1. The fourth-order valence-corrected chi connectivity index (χ4v) is 3.21. The SMILES string of the molecule is CC(C)c1nn(CC(=O)Nc2ccc3nncn3n2)c(=O)c2ccc(C(F)(F)F)c(F)c12. The molecule has 166 valence electrons. The van der Waals surface area contributed by atoms with Gasteiger partial charge in [0.25, 0.3) is 5.56 Å². The van der Waals surface area contributed by atoms with Gasteiger partial charge >= 0.3 is 6.18 Å². The lowest BCUT2D eigenvalue weighted by atomic mass is 10.00. The number of amides is 1. The summed E-state index contributed by atoms with van der Waals surface area (Å²) in [7, 11) is 0. The predicted molar refractivity (Wildman–Crippen MR) is 104 cm³/mol. The first kappa shape index (κ1) is 21.3. The van der Waals surface area contributed by atoms with E-state index in [0.717, 1.165) is 10.7 Å². The quantitative estimate of drug-likeness (QED) is 0.480. The Morgan fingerprint density at radius 3 is 2.59 bits per heavy atom. The number of nitrogens with zero attached hydrogens (tertiary/aromatic N) is 6. The number of aromatic nitrogens is 6. The zero-order valence-electron chi connectivity index (χ0n) is 16.7. The van der Waals surface area contributed by atoms with Crippen LogP contribution in [0.4, 0.5) is 23.4 Å². The molecule has 3 aromatic heterocycles. The van der Waals surface area contributed by atoms with Gasteiger partial charge in [0.15, 0.2) is 11.5 Å². The number of nitrogens with one attached hydrogen (secondary N) is 1. The van der Waals surface area contributed by atoms with E-state index in [0.29, 0.717) is 11.7 Å². The smallest absolute Gasteiger partial charge is 0.308 e. The number of hydrogen-bond donors (Lipinski definition) is 1. The van der Waals surface area contributed by atoms with Gasteiger partial charge in [-0.25, -0.2) is 9.07 Å². The van der Waals surface area contributed by atoms with Crippen LogP contribution in [0, 0.1) is 5.82 Å². The number of hydrogen-bond acceptors (Lipinski definition) is 6. The largest absolute Gasteiger partial charge is 0.419 e. The molecule has 0 saturated heterocycles. The number of carbonyl (C=O) groups is 1. The maximum atomic E-state index is 14.7. The van der Waals surface area contributed by atoms with Crippen molar-refractivity contribution in [3.63, 3.8) is 0 Å². The highest BCUT2D eigenvalue weighted by molar-refractivity contribution is 5.90. The van der Waals surface area contributed by atoms with Crippen LogP contribution in [0.3, 0.4) is 0 Å². The summed E-state index contributed by atoms with van der Waals surface area (Å²) in [5, 5.41) is 17.2. The topological polar surface area (TPSA) is 107 Å². The lowest BCUT2D eigenvalue weighted by molar-refractivity contribution is -0.139. The minimum Gasteiger partial charge on any atom is -0.308 e. The van der Waals surface area contributed by atoms with Gasteiger partial charge in [-0.2, -0.15) is 22.8 Å². The van der Waals surface area contributed by atoms with Crippen LogP contribution in [0.1, 0.15) is 31.0 Å². The summed E-state index contributed by atoms with van der Waals surface area (Å²) in [6, 6.07) is 4.44. The van der Waals surface area contributed by atoms with Crippen LogP contribution in [0.25, 0.3) is 16.4 Å². The molecule has 0 unspecified atom stereocenters. The lowest BCUT2D eigenvalue weighted by Gasteiger charge is -2.16. The van der Waals surface area contributed by atoms with Crippen molar-refractivity contribution < 1.29 is 22.4 Å². The van der Waals surface area contributed by atoms with Gasteiger partial charge in [-0.3, -0.25) is 9.59 Å². The fourth-order valence-electron chi connectivity index (χ4n) is 3.21. The maximum absolute atomic E-state index is 14.7. The molecule has 32 heavy (non-hydrogen) atoms. The van der Waals surface area contributed by atoms with Crippen molar-refractivity contribution in [2.24, 2.45) is 0 Å². The normalized spacial score (nSPS) is 12.1. The van der Waals surface area contributed by atoms with E-state index in [9.17, 15) is 27.2 Å². The molecule has 1 N–H and O–H groups in total. The maximum Gasteiger partial charge on any atom is 0.419 e. The van der Waals surface area contributed by atoms with Crippen molar-refractivity contribution in [2.45, 2.75) is 32.5 Å². The molecular formula is C19H15F4N7O2. The van der Waals surface area contributed by atoms with Gasteiger partial charge in [0.1, 0.15) is 18.7 Å². The number of rotatable bonds is 4. The summed E-state index contributed by atoms with van der Waals surface area (Å²) in [6.45, 7) is 2.63. The second-order valence-corrected chi connectivity index (χ2v) is 7.25. The van der Waals surface area contributed by atoms with Gasteiger partial charge < -0.3 is 5.32 Å². The molecule has 9 nitrogen and oxygen atoms in total. The molecule has 13 heteroatoms. The Morgan fingerprint density at radius 1 is 1.16 bits per heavy atom. The third kappa shape index (κ3) is 3.76. The molecule has 0 aliphatic carbocycles. The Morgan fingerprint density at radius 2 is 1.91 bits per heavy atom. The molecule has 0 spiro atoms. The molecule has 0 fully saturated rings. The van der Waals surface area contributed by atoms with E-state index in [-0.39, 0.29) is 16.9 Å². The lowest BCUT2D eigenvalue weighted by Crippen LogP contribution is -2.31. The van der Waals surface area contributed by atoms with Crippen LogP contribution in [-0.2, 0) is 17.5 Å². The van der Waals surface area contributed by atoms with Crippen LogP contribution in [0.2, 0.25) is 0 Å². The standard InChI is InChI=1S/C19H15F4N7O2/c1-9(2)17-15-10(3-4-11(16(15)20)19(21,22)23)18(32)29(28-17)7-14(31)25-12-5-6-13-26-24-8-30(13)27-12/h3-6,8-9H,7H2,1-2H3,(H,25,27,31). The van der Waals surface area contributed by atoms with Crippen molar-refractivity contribution in [3.05, 3.63) is 58.0 Å². The summed E-state index contributed by atoms with van der Waals surface area (Å²) in [5.41, 5.74) is -1.99. The Bertz CT molecular complexity index is 1410. The highest BCUT2D eigenvalue weighted by Gasteiger charge is 2.36. The summed E-state index contributed by atoms with van der Waals surface area (Å²) >= 11 is 0. The molecule has 0 aliphatic heterocycles. The van der Waals surface area contributed by atoms with Crippen LogP contribution in [-0.4, -0.2) is 35.5 Å². The molecular weight excluding hydrogens is 434 g/mol. The minimum atomic E-state index is -4.93. The van der Waals surface area contributed by atoms with Crippen molar-refractivity contribution in [3.8, 4) is 0 Å². The second-order valence-electron chi connectivity index (χ2n) is 7.25. The van der Waals surface area contributed by atoms with Crippen LogP contribution in [0.15, 0.2) is 35.4 Å². The van der Waals surface area contributed by atoms with E-state index in [1.165, 1.54) is 16.9 Å². The van der Waals surface area contributed by atoms with Crippen molar-refractivity contribution in [2.75, 3.05) is 5.32 Å². The molecule has 0 aliphatic rings. The molecule has 0 radical (unpaired) electrons. The van der Waals surface area contributed by atoms with Crippen molar-refractivity contribution in [1.82, 2.24) is 29.6 Å². The van der Waals surface area contributed by atoms with Gasteiger partial charge in [0.2, 0.25) is 5.91 Å². The van der Waals surface area contributed by atoms with Crippen molar-refractivity contribution >= 4 is 28.1 Å². The van der Waals surface area contributed by atoms with E-state index >= 15 is 0 Å². The third-order valence-electron chi connectivity index (χ3n) is 4.67. The van der Waals surface area contributed by atoms with Gasteiger partial charge in [0, 0.05) is 5.39 Å². The van der Waals surface area contributed by atoms with Gasteiger partial charge in [0.05, 0.1) is 16.6 Å². The molecule has 4 rings (SSSR count). The van der Waals surface area contributed by atoms with Crippen molar-refractivity contribution in [1.29, 1.82) is 0 Å². The van der Waals surface area contributed by atoms with Gasteiger partial charge in [-0.05, 0) is 30.2 Å². The summed E-state index contributed by atoms with van der Waals surface area (Å²) in [4.78, 5) is 25.2. The average Bonchev–Trinajstić information content (AvgIpc) is 3.17. The Kier molecular flexibility index (Phi) is 5.11. The molecule has 1 amide bonds. The second kappa shape index (κ2) is 7.66. The first-order valence-electron chi connectivity index (χ1n) is 9.33. The summed E-state index contributed by atoms with van der Waals surface area (Å²) < 4.78 is 56.3. The fraction of sp³-hybridized carbons (Fsp3) is 0.263. The van der Waals surface area contributed by atoms with E-state index in [1.54, 1.807) is 19.9 Å². The molecule has 1 aromatic carbocycles. The number of halogens is 4. The Hall–Kier alpha value is -3.90. The van der Waals surface area contributed by atoms with Gasteiger partial charge in [-0.1, -0.05) is 13.8 Å². The van der Waals surface area contributed by atoms with Crippen LogP contribution in [0.5, 0.6) is 0 Å². The van der Waals surface area contributed by atoms with E-state index in [1.807, 2.05) is 0 Å². The highest BCUT2D eigenvalue weighted by atomic mass is 19.4. The highest BCUT2D eigenvalue weighted by Crippen LogP contribution is 2.35. The third-order valence-corrected chi connectivity index (χ3v) is 4.67. The number of alkyl halides is 3. The van der Waals surface area contributed by atoms with E-state index in [2.05, 4.69) is 25.7 Å². The number of carbonyl (C=O) groups excluding carboxylic acids is 1. The number of fused-ring (bicyclic) bond motifs is 2. The Balaban J connectivity index is 1.73. The molecule has 4 aromatic rings. The van der Waals surface area contributed by atoms with Crippen LogP contribution >= 0.6 is 0 Å². The van der Waals surface area contributed by atoms with E-state index < -0.39 is 46.9 Å². The molecule has 0 saturated carbocycles. The molecule has 0 atom stereocenters.